The van der Waals surface area contributed by atoms with Crippen LogP contribution in [-0.2, 0) is 0 Å². The lowest BCUT2D eigenvalue weighted by Gasteiger charge is -2.36. The Kier molecular flexibility index (Phi) is 5.01. The number of aromatic nitrogens is 2. The van der Waals surface area contributed by atoms with E-state index in [0.717, 1.165) is 12.1 Å². The lowest BCUT2D eigenvalue weighted by atomic mass is 10.2. The van der Waals surface area contributed by atoms with Gasteiger partial charge in [-0.3, -0.25) is 0 Å². The highest BCUT2D eigenvalue weighted by atomic mass is 19.2. The smallest absolute Gasteiger partial charge is 0.224 e. The molecule has 28 heavy (non-hydrogen) atoms. The summed E-state index contributed by atoms with van der Waals surface area (Å²) in [7, 11) is 0. The first-order valence-corrected chi connectivity index (χ1v) is 8.79. The van der Waals surface area contributed by atoms with Crippen molar-refractivity contribution in [2.24, 2.45) is 0 Å². The molecule has 1 aliphatic heterocycles. The van der Waals surface area contributed by atoms with Crippen molar-refractivity contribution in [1.82, 2.24) is 9.97 Å². The quantitative estimate of drug-likeness (QED) is 0.678. The molecule has 1 aromatic heterocycles. The summed E-state index contributed by atoms with van der Waals surface area (Å²) >= 11 is 0. The maximum Gasteiger partial charge on any atom is 0.224 e. The Morgan fingerprint density at radius 1 is 0.750 bits per heavy atom. The number of rotatable bonds is 4. The maximum atomic E-state index is 14.0. The number of benzene rings is 2. The molecule has 0 spiro atoms. The summed E-state index contributed by atoms with van der Waals surface area (Å²) in [5, 5.41) is 0. The van der Waals surface area contributed by atoms with Crippen molar-refractivity contribution in [2.75, 3.05) is 36.0 Å². The Morgan fingerprint density at radius 3 is 2.25 bits per heavy atom. The number of anilines is 2. The molecule has 0 bridgehead atoms. The number of ether oxygens (including phenoxy) is 1. The largest absolute Gasteiger partial charge is 0.439 e. The molecule has 4 rings (SSSR count). The monoisotopic (exact) mass is 386 g/mol. The molecule has 5 nitrogen and oxygen atoms in total. The van der Waals surface area contributed by atoms with Crippen LogP contribution in [0.3, 0.4) is 0 Å². The third-order valence-corrected chi connectivity index (χ3v) is 4.54. The number of halogens is 3. The van der Waals surface area contributed by atoms with Gasteiger partial charge in [0, 0.05) is 38.3 Å². The normalized spacial score (nSPS) is 14.2. The summed E-state index contributed by atoms with van der Waals surface area (Å²) in [4.78, 5) is 12.3. The molecule has 2 aromatic carbocycles. The van der Waals surface area contributed by atoms with Crippen molar-refractivity contribution in [3.63, 3.8) is 0 Å². The molecule has 1 fully saturated rings. The highest BCUT2D eigenvalue weighted by Gasteiger charge is 2.20. The first-order chi connectivity index (χ1) is 13.6. The molecule has 0 unspecified atom stereocenters. The Morgan fingerprint density at radius 2 is 1.50 bits per heavy atom. The van der Waals surface area contributed by atoms with E-state index in [1.54, 1.807) is 18.2 Å². The molecule has 1 saturated heterocycles. The minimum absolute atomic E-state index is 0.146. The van der Waals surface area contributed by atoms with Crippen LogP contribution in [0, 0.1) is 17.5 Å². The Bertz CT molecular complexity index is 977. The van der Waals surface area contributed by atoms with Gasteiger partial charge in [-0.15, -0.1) is 0 Å². The molecule has 144 valence electrons. The van der Waals surface area contributed by atoms with Gasteiger partial charge in [-0.05, 0) is 24.3 Å². The average molecular weight is 386 g/mol. The van der Waals surface area contributed by atoms with Crippen LogP contribution in [0.25, 0.3) is 0 Å². The number of nitrogens with zero attached hydrogens (tertiary/aromatic N) is 4. The van der Waals surface area contributed by atoms with Crippen LogP contribution in [0.5, 0.6) is 11.6 Å². The first-order valence-electron chi connectivity index (χ1n) is 8.79. The third kappa shape index (κ3) is 3.85. The number of para-hydroxylation sites is 1. The summed E-state index contributed by atoms with van der Waals surface area (Å²) in [5.41, 5.74) is 0.590. The fourth-order valence-electron chi connectivity index (χ4n) is 3.10. The van der Waals surface area contributed by atoms with E-state index in [-0.39, 0.29) is 17.4 Å². The molecular formula is C20H17F3N4O. The van der Waals surface area contributed by atoms with Crippen molar-refractivity contribution < 1.29 is 17.9 Å². The standard InChI is InChI=1S/C20H17F3N4O/c21-15-6-5-14(11-17(15)23)28-20-12-19(24-13-25-20)27-9-7-26(8-10-27)18-4-2-1-3-16(18)22/h1-6,11-13H,7-10H2. The summed E-state index contributed by atoms with van der Waals surface area (Å²) in [6.07, 6.45) is 1.35. The van der Waals surface area contributed by atoms with E-state index >= 15 is 0 Å². The lowest BCUT2D eigenvalue weighted by Crippen LogP contribution is -2.47. The van der Waals surface area contributed by atoms with Crippen LogP contribution in [0.2, 0.25) is 0 Å². The van der Waals surface area contributed by atoms with Gasteiger partial charge in [-0.1, -0.05) is 12.1 Å². The van der Waals surface area contributed by atoms with E-state index in [1.807, 2.05) is 15.9 Å². The molecule has 0 aliphatic carbocycles. The average Bonchev–Trinajstić information content (AvgIpc) is 2.72. The van der Waals surface area contributed by atoms with Gasteiger partial charge < -0.3 is 14.5 Å². The summed E-state index contributed by atoms with van der Waals surface area (Å²) < 4.78 is 45.8. The molecule has 3 aromatic rings. The second kappa shape index (κ2) is 7.75. The number of hydrogen-bond donors (Lipinski definition) is 0. The zero-order valence-corrected chi connectivity index (χ0v) is 14.9. The van der Waals surface area contributed by atoms with Crippen LogP contribution in [-0.4, -0.2) is 36.1 Å². The number of hydrogen-bond acceptors (Lipinski definition) is 5. The van der Waals surface area contributed by atoms with Gasteiger partial charge in [0.2, 0.25) is 5.88 Å². The SMILES string of the molecule is Fc1ccc(Oc2cc(N3CCN(c4ccccc4F)CC3)ncn2)cc1F. The van der Waals surface area contributed by atoms with E-state index in [2.05, 4.69) is 9.97 Å². The fourth-order valence-corrected chi connectivity index (χ4v) is 3.10. The van der Waals surface area contributed by atoms with Crippen molar-refractivity contribution in [2.45, 2.75) is 0 Å². The topological polar surface area (TPSA) is 41.5 Å². The van der Waals surface area contributed by atoms with Gasteiger partial charge in [0.25, 0.3) is 0 Å². The van der Waals surface area contributed by atoms with Crippen LogP contribution in [0.1, 0.15) is 0 Å². The van der Waals surface area contributed by atoms with Crippen LogP contribution >= 0.6 is 0 Å². The van der Waals surface area contributed by atoms with Gasteiger partial charge in [-0.25, -0.2) is 23.1 Å². The van der Waals surface area contributed by atoms with Crippen LogP contribution in [0.15, 0.2) is 54.9 Å². The molecule has 8 heteroatoms. The second-order valence-electron chi connectivity index (χ2n) is 6.32. The summed E-state index contributed by atoms with van der Waals surface area (Å²) in [6, 6.07) is 11.6. The van der Waals surface area contributed by atoms with Gasteiger partial charge in [0.15, 0.2) is 11.6 Å². The van der Waals surface area contributed by atoms with Crippen LogP contribution in [0.4, 0.5) is 24.7 Å². The van der Waals surface area contributed by atoms with Gasteiger partial charge in [0.1, 0.15) is 23.7 Å². The van der Waals surface area contributed by atoms with Crippen molar-refractivity contribution >= 4 is 11.5 Å². The molecule has 0 radical (unpaired) electrons. The minimum atomic E-state index is -0.990. The molecule has 2 heterocycles. The van der Waals surface area contributed by atoms with Gasteiger partial charge in [0.05, 0.1) is 5.69 Å². The first kappa shape index (κ1) is 18.1. The maximum absolute atomic E-state index is 14.0. The Labute approximate surface area is 160 Å². The molecule has 0 amide bonds. The fraction of sp³-hybridized carbons (Fsp3) is 0.200. The van der Waals surface area contributed by atoms with E-state index in [1.165, 1.54) is 18.5 Å². The zero-order valence-electron chi connectivity index (χ0n) is 14.9. The predicted molar refractivity (Wildman–Crippen MR) is 99.3 cm³/mol. The van der Waals surface area contributed by atoms with Crippen molar-refractivity contribution in [1.29, 1.82) is 0 Å². The highest BCUT2D eigenvalue weighted by molar-refractivity contribution is 5.50. The highest BCUT2D eigenvalue weighted by Crippen LogP contribution is 2.26. The Balaban J connectivity index is 1.44. The molecule has 0 N–H and O–H groups in total. The van der Waals surface area contributed by atoms with E-state index < -0.39 is 11.6 Å². The third-order valence-electron chi connectivity index (χ3n) is 4.54. The van der Waals surface area contributed by atoms with Gasteiger partial charge in [-0.2, -0.15) is 0 Å². The van der Waals surface area contributed by atoms with Gasteiger partial charge >= 0.3 is 0 Å². The predicted octanol–water partition coefficient (Wildman–Crippen LogP) is 4.01. The summed E-state index contributed by atoms with van der Waals surface area (Å²) in [6.45, 7) is 2.58. The molecule has 1 aliphatic rings. The van der Waals surface area contributed by atoms with E-state index in [0.29, 0.717) is 37.7 Å². The minimum Gasteiger partial charge on any atom is -0.439 e. The van der Waals surface area contributed by atoms with E-state index in [9.17, 15) is 13.2 Å². The lowest BCUT2D eigenvalue weighted by molar-refractivity contribution is 0.446. The summed E-state index contributed by atoms with van der Waals surface area (Å²) in [5.74, 6) is -1.14. The molecule has 0 atom stereocenters. The van der Waals surface area contributed by atoms with Crippen molar-refractivity contribution in [3.8, 4) is 11.6 Å². The molecule has 0 saturated carbocycles. The van der Waals surface area contributed by atoms with E-state index in [4.69, 9.17) is 4.74 Å². The number of piperazine rings is 1. The van der Waals surface area contributed by atoms with Crippen molar-refractivity contribution in [3.05, 3.63) is 72.3 Å². The Hall–Kier alpha value is -3.29. The second-order valence-corrected chi connectivity index (χ2v) is 6.32. The molecular weight excluding hydrogens is 369 g/mol. The van der Waals surface area contributed by atoms with Crippen LogP contribution < -0.4 is 14.5 Å². The zero-order chi connectivity index (χ0) is 19.5.